The van der Waals surface area contributed by atoms with Crippen LogP contribution in [0.2, 0.25) is 5.15 Å². The maximum absolute atomic E-state index is 14.2. The van der Waals surface area contributed by atoms with Gasteiger partial charge >= 0.3 is 0 Å². The lowest BCUT2D eigenvalue weighted by Gasteiger charge is -2.29. The van der Waals surface area contributed by atoms with E-state index >= 15 is 0 Å². The number of aromatic nitrogens is 2. The molecule has 3 nitrogen and oxygen atoms in total. The minimum Gasteiger partial charge on any atom is -0.316 e. The molecule has 1 fully saturated rings. The molecule has 1 aromatic heterocycles. The van der Waals surface area contributed by atoms with E-state index in [9.17, 15) is 4.39 Å². The minimum atomic E-state index is -1.13. The first-order chi connectivity index (χ1) is 7.18. The first kappa shape index (κ1) is 10.8. The van der Waals surface area contributed by atoms with E-state index in [-0.39, 0.29) is 0 Å². The van der Waals surface area contributed by atoms with Crippen molar-refractivity contribution in [2.45, 2.75) is 24.9 Å². The zero-order valence-electron chi connectivity index (χ0n) is 8.34. The van der Waals surface area contributed by atoms with Crippen LogP contribution < -0.4 is 5.32 Å². The molecule has 0 atom stereocenters. The Labute approximate surface area is 93.0 Å². The van der Waals surface area contributed by atoms with Crippen LogP contribution in [0, 0.1) is 0 Å². The van der Waals surface area contributed by atoms with E-state index in [4.69, 9.17) is 11.6 Å². The maximum atomic E-state index is 14.2. The van der Waals surface area contributed by atoms with Crippen molar-refractivity contribution in [1.82, 2.24) is 15.5 Å². The molecule has 0 spiro atoms. The molecule has 2 heterocycles. The van der Waals surface area contributed by atoms with E-state index < -0.39 is 5.67 Å². The monoisotopic (exact) mass is 229 g/mol. The largest absolute Gasteiger partial charge is 0.316 e. The fraction of sp³-hybridized carbons (Fsp3) is 0.600. The summed E-state index contributed by atoms with van der Waals surface area (Å²) in [6, 6.07) is 3.38. The van der Waals surface area contributed by atoms with Crippen LogP contribution in [-0.2, 0) is 6.42 Å². The highest BCUT2D eigenvalue weighted by molar-refractivity contribution is 6.29. The average Bonchev–Trinajstić information content (AvgIpc) is 2.22. The summed E-state index contributed by atoms with van der Waals surface area (Å²) in [4.78, 5) is 0. The first-order valence-electron chi connectivity index (χ1n) is 5.06. The lowest BCUT2D eigenvalue weighted by molar-refractivity contribution is 0.115. The van der Waals surface area contributed by atoms with E-state index in [0.717, 1.165) is 13.1 Å². The van der Waals surface area contributed by atoms with Gasteiger partial charge in [0, 0.05) is 6.42 Å². The van der Waals surface area contributed by atoms with E-state index in [1.807, 2.05) is 0 Å². The molecule has 0 unspecified atom stereocenters. The Kier molecular flexibility index (Phi) is 3.17. The highest BCUT2D eigenvalue weighted by Crippen LogP contribution is 2.26. The molecular formula is C10H13ClFN3. The molecule has 2 rings (SSSR count). The number of piperidine rings is 1. The normalized spacial score (nSPS) is 20.1. The van der Waals surface area contributed by atoms with Crippen molar-refractivity contribution < 1.29 is 4.39 Å². The standard InChI is InChI=1S/C10H13ClFN3/c11-9-2-1-8(14-15-9)7-10(12)3-5-13-6-4-10/h1-2,13H,3-7H2. The van der Waals surface area contributed by atoms with E-state index in [2.05, 4.69) is 15.5 Å². The second-order valence-electron chi connectivity index (χ2n) is 3.93. The molecule has 0 aliphatic carbocycles. The fourth-order valence-electron chi connectivity index (χ4n) is 1.81. The van der Waals surface area contributed by atoms with Gasteiger partial charge in [-0.15, -0.1) is 5.10 Å². The number of alkyl halides is 1. The van der Waals surface area contributed by atoms with Gasteiger partial charge in [0.25, 0.3) is 0 Å². The lowest BCUT2D eigenvalue weighted by Crippen LogP contribution is -2.40. The number of hydrogen-bond donors (Lipinski definition) is 1. The minimum absolute atomic E-state index is 0.332. The lowest BCUT2D eigenvalue weighted by atomic mass is 9.89. The molecular weight excluding hydrogens is 217 g/mol. The Morgan fingerprint density at radius 3 is 2.67 bits per heavy atom. The van der Waals surface area contributed by atoms with Gasteiger partial charge in [0.1, 0.15) is 5.67 Å². The molecule has 0 aromatic carbocycles. The number of nitrogens with zero attached hydrogens (tertiary/aromatic N) is 2. The molecule has 0 saturated carbocycles. The zero-order valence-corrected chi connectivity index (χ0v) is 9.10. The summed E-state index contributed by atoms with van der Waals surface area (Å²) >= 11 is 5.61. The van der Waals surface area contributed by atoms with Gasteiger partial charge in [-0.2, -0.15) is 5.10 Å². The summed E-state index contributed by atoms with van der Waals surface area (Å²) < 4.78 is 14.2. The third kappa shape index (κ3) is 2.86. The van der Waals surface area contributed by atoms with Gasteiger partial charge in [0.15, 0.2) is 5.15 Å². The van der Waals surface area contributed by atoms with Crippen molar-refractivity contribution in [3.63, 3.8) is 0 Å². The molecule has 0 radical (unpaired) electrons. The van der Waals surface area contributed by atoms with Crippen molar-refractivity contribution in [3.8, 4) is 0 Å². The molecule has 0 amide bonds. The summed E-state index contributed by atoms with van der Waals surface area (Å²) in [5.74, 6) is 0. The van der Waals surface area contributed by atoms with E-state index in [1.165, 1.54) is 0 Å². The molecule has 1 N–H and O–H groups in total. The Morgan fingerprint density at radius 1 is 1.33 bits per heavy atom. The van der Waals surface area contributed by atoms with Crippen molar-refractivity contribution in [2.75, 3.05) is 13.1 Å². The second kappa shape index (κ2) is 4.41. The van der Waals surface area contributed by atoms with Crippen LogP contribution in [0.1, 0.15) is 18.5 Å². The summed E-state index contributed by atoms with van der Waals surface area (Å²) in [6.45, 7) is 1.47. The van der Waals surface area contributed by atoms with Crippen LogP contribution in [0.25, 0.3) is 0 Å². The summed E-state index contributed by atoms with van der Waals surface area (Å²) in [6.07, 6.45) is 1.41. The third-order valence-electron chi connectivity index (χ3n) is 2.68. The molecule has 1 aromatic rings. The molecule has 82 valence electrons. The quantitative estimate of drug-likeness (QED) is 0.840. The van der Waals surface area contributed by atoms with Crippen LogP contribution in [0.3, 0.4) is 0 Å². The molecule has 1 aliphatic heterocycles. The number of hydrogen-bond acceptors (Lipinski definition) is 3. The van der Waals surface area contributed by atoms with Crippen LogP contribution in [0.15, 0.2) is 12.1 Å². The second-order valence-corrected chi connectivity index (χ2v) is 4.31. The van der Waals surface area contributed by atoms with Gasteiger partial charge in [-0.1, -0.05) is 11.6 Å². The Bertz CT molecular complexity index is 322. The molecule has 0 bridgehead atoms. The van der Waals surface area contributed by atoms with Gasteiger partial charge < -0.3 is 5.32 Å². The van der Waals surface area contributed by atoms with Gasteiger partial charge in [-0.05, 0) is 38.1 Å². The molecule has 5 heteroatoms. The third-order valence-corrected chi connectivity index (χ3v) is 2.89. The molecule has 1 aliphatic rings. The van der Waals surface area contributed by atoms with Crippen LogP contribution in [0.4, 0.5) is 4.39 Å². The topological polar surface area (TPSA) is 37.8 Å². The maximum Gasteiger partial charge on any atom is 0.151 e. The molecule has 15 heavy (non-hydrogen) atoms. The Morgan fingerprint density at radius 2 is 2.07 bits per heavy atom. The van der Waals surface area contributed by atoms with Gasteiger partial charge in [0.05, 0.1) is 5.69 Å². The average molecular weight is 230 g/mol. The van der Waals surface area contributed by atoms with E-state index in [0.29, 0.717) is 30.1 Å². The SMILES string of the molecule is FC1(Cc2ccc(Cl)nn2)CCNCC1. The van der Waals surface area contributed by atoms with Crippen molar-refractivity contribution in [3.05, 3.63) is 23.0 Å². The van der Waals surface area contributed by atoms with Crippen LogP contribution in [0.5, 0.6) is 0 Å². The highest BCUT2D eigenvalue weighted by atomic mass is 35.5. The summed E-state index contributed by atoms with van der Waals surface area (Å²) in [5.41, 5.74) is -0.461. The molecule has 1 saturated heterocycles. The van der Waals surface area contributed by atoms with Crippen LogP contribution >= 0.6 is 11.6 Å². The predicted molar refractivity (Wildman–Crippen MR) is 56.7 cm³/mol. The highest BCUT2D eigenvalue weighted by Gasteiger charge is 2.32. The van der Waals surface area contributed by atoms with Gasteiger partial charge in [0.2, 0.25) is 0 Å². The van der Waals surface area contributed by atoms with Crippen molar-refractivity contribution in [2.24, 2.45) is 0 Å². The van der Waals surface area contributed by atoms with Gasteiger partial charge in [-0.25, -0.2) is 4.39 Å². The zero-order chi connectivity index (χ0) is 10.7. The Balaban J connectivity index is 2.03. The fourth-order valence-corrected chi connectivity index (χ4v) is 1.91. The Hall–Kier alpha value is -0.740. The predicted octanol–water partition coefficient (Wildman–Crippen LogP) is 1.76. The first-order valence-corrected chi connectivity index (χ1v) is 5.44. The van der Waals surface area contributed by atoms with Crippen LogP contribution in [-0.4, -0.2) is 29.0 Å². The van der Waals surface area contributed by atoms with Gasteiger partial charge in [-0.3, -0.25) is 0 Å². The number of halogens is 2. The number of rotatable bonds is 2. The van der Waals surface area contributed by atoms with E-state index in [1.54, 1.807) is 12.1 Å². The number of nitrogens with one attached hydrogen (secondary N) is 1. The smallest absolute Gasteiger partial charge is 0.151 e. The summed E-state index contributed by atoms with van der Waals surface area (Å²) in [7, 11) is 0. The van der Waals surface area contributed by atoms with Crippen molar-refractivity contribution >= 4 is 11.6 Å². The summed E-state index contributed by atoms with van der Waals surface area (Å²) in [5, 5.41) is 11.1. The van der Waals surface area contributed by atoms with Crippen molar-refractivity contribution in [1.29, 1.82) is 0 Å².